The van der Waals surface area contributed by atoms with E-state index in [2.05, 4.69) is 17.1 Å². The largest absolute Gasteiger partial charge is 0.380 e. The normalized spacial score (nSPS) is 22.8. The van der Waals surface area contributed by atoms with Gasteiger partial charge in [-0.05, 0) is 37.5 Å². The number of hydrogen-bond donors (Lipinski definition) is 1. The van der Waals surface area contributed by atoms with Crippen molar-refractivity contribution >= 4 is 29.9 Å². The van der Waals surface area contributed by atoms with Gasteiger partial charge in [-0.15, -0.1) is 24.0 Å². The van der Waals surface area contributed by atoms with E-state index in [1.165, 1.54) is 6.07 Å². The number of aliphatic imine (C=N–C) groups is 1. The summed E-state index contributed by atoms with van der Waals surface area (Å²) >= 11 is 0. The molecule has 1 N–H and O–H groups in total. The first-order chi connectivity index (χ1) is 13.2. The lowest BCUT2D eigenvalue weighted by atomic mass is 10.1. The minimum absolute atomic E-state index is 0. The molecule has 0 bridgehead atoms. The van der Waals surface area contributed by atoms with E-state index in [4.69, 9.17) is 19.2 Å². The lowest BCUT2D eigenvalue weighted by Gasteiger charge is -2.37. The topological polar surface area (TPSA) is 55.3 Å². The summed E-state index contributed by atoms with van der Waals surface area (Å²) in [6.07, 6.45) is 2.44. The van der Waals surface area contributed by atoms with Gasteiger partial charge in [-0.2, -0.15) is 0 Å². The molecule has 0 amide bonds. The third-order valence-electron chi connectivity index (χ3n) is 4.93. The third kappa shape index (κ3) is 6.27. The van der Waals surface area contributed by atoms with Crippen molar-refractivity contribution in [3.05, 3.63) is 35.1 Å². The van der Waals surface area contributed by atoms with Crippen LogP contribution in [0.5, 0.6) is 0 Å². The molecule has 0 aliphatic carbocycles. The maximum atomic E-state index is 13.8. The molecule has 2 heterocycles. The van der Waals surface area contributed by atoms with E-state index >= 15 is 0 Å². The van der Waals surface area contributed by atoms with E-state index in [-0.39, 0.29) is 48.6 Å². The van der Waals surface area contributed by atoms with Gasteiger partial charge in [-0.1, -0.05) is 6.07 Å². The van der Waals surface area contributed by atoms with Gasteiger partial charge < -0.3 is 24.4 Å². The third-order valence-corrected chi connectivity index (χ3v) is 4.93. The summed E-state index contributed by atoms with van der Waals surface area (Å²) in [5, 5.41) is 3.37. The quantitative estimate of drug-likeness (QED) is 0.365. The zero-order valence-electron chi connectivity index (χ0n) is 16.7. The summed E-state index contributed by atoms with van der Waals surface area (Å²) in [7, 11) is 1.57. The van der Waals surface area contributed by atoms with E-state index in [1.807, 2.05) is 6.07 Å². The average molecular weight is 507 g/mol. The Morgan fingerprint density at radius 1 is 1.32 bits per heavy atom. The van der Waals surface area contributed by atoms with Crippen LogP contribution in [0.15, 0.2) is 23.2 Å². The Bertz CT molecular complexity index is 641. The summed E-state index contributed by atoms with van der Waals surface area (Å²) in [6.45, 7) is 6.66. The van der Waals surface area contributed by atoms with Crippen LogP contribution in [0.4, 0.5) is 4.39 Å². The lowest BCUT2D eigenvalue weighted by molar-refractivity contribution is -0.0817. The van der Waals surface area contributed by atoms with Gasteiger partial charge in [0.2, 0.25) is 0 Å². The molecule has 0 spiro atoms. The van der Waals surface area contributed by atoms with Crippen molar-refractivity contribution < 1.29 is 18.6 Å². The Balaban J connectivity index is 0.00000280. The molecular formula is C20H31FIN3O3. The fourth-order valence-corrected chi connectivity index (χ4v) is 3.57. The number of ether oxygens (including phenoxy) is 3. The van der Waals surface area contributed by atoms with E-state index in [9.17, 15) is 4.39 Å². The second kappa shape index (κ2) is 11.9. The highest BCUT2D eigenvalue weighted by atomic mass is 127. The first-order valence-corrected chi connectivity index (χ1v) is 9.74. The Labute approximate surface area is 183 Å². The number of benzene rings is 1. The maximum Gasteiger partial charge on any atom is 0.194 e. The van der Waals surface area contributed by atoms with Gasteiger partial charge in [0.1, 0.15) is 11.9 Å². The predicted molar refractivity (Wildman–Crippen MR) is 118 cm³/mol. The van der Waals surface area contributed by atoms with E-state index in [0.29, 0.717) is 18.7 Å². The Kier molecular flexibility index (Phi) is 9.90. The number of rotatable bonds is 6. The van der Waals surface area contributed by atoms with E-state index in [0.717, 1.165) is 50.6 Å². The molecule has 2 saturated heterocycles. The number of hydrogen-bond acceptors (Lipinski definition) is 4. The monoisotopic (exact) mass is 507 g/mol. The highest BCUT2D eigenvalue weighted by Crippen LogP contribution is 2.21. The first-order valence-electron chi connectivity index (χ1n) is 9.74. The van der Waals surface area contributed by atoms with Crippen LogP contribution < -0.4 is 5.32 Å². The van der Waals surface area contributed by atoms with Crippen molar-refractivity contribution in [1.29, 1.82) is 0 Å². The lowest BCUT2D eigenvalue weighted by Crippen LogP contribution is -2.53. The van der Waals surface area contributed by atoms with Gasteiger partial charge in [-0.3, -0.25) is 0 Å². The van der Waals surface area contributed by atoms with Crippen LogP contribution in [0.2, 0.25) is 0 Å². The average Bonchev–Trinajstić information content (AvgIpc) is 3.22. The van der Waals surface area contributed by atoms with Gasteiger partial charge in [0.15, 0.2) is 5.96 Å². The summed E-state index contributed by atoms with van der Waals surface area (Å²) in [4.78, 5) is 7.01. The molecule has 6 nitrogen and oxygen atoms in total. The van der Waals surface area contributed by atoms with Crippen molar-refractivity contribution in [1.82, 2.24) is 10.2 Å². The Morgan fingerprint density at radius 3 is 2.86 bits per heavy atom. The Morgan fingerprint density at radius 2 is 2.14 bits per heavy atom. The van der Waals surface area contributed by atoms with Crippen molar-refractivity contribution in [3.63, 3.8) is 0 Å². The van der Waals surface area contributed by atoms with Crippen molar-refractivity contribution in [2.45, 2.75) is 45.1 Å². The van der Waals surface area contributed by atoms with Crippen LogP contribution in [0.25, 0.3) is 0 Å². The van der Waals surface area contributed by atoms with Gasteiger partial charge >= 0.3 is 0 Å². The minimum atomic E-state index is -0.246. The first kappa shape index (κ1) is 23.3. The number of halogens is 2. The fourth-order valence-electron chi connectivity index (χ4n) is 3.57. The molecule has 2 fully saturated rings. The molecule has 1 aromatic carbocycles. The summed E-state index contributed by atoms with van der Waals surface area (Å²) in [5.41, 5.74) is 1.52. The predicted octanol–water partition coefficient (Wildman–Crippen LogP) is 2.94. The Hall–Kier alpha value is -0.970. The molecule has 0 aromatic heterocycles. The van der Waals surface area contributed by atoms with Crippen LogP contribution in [-0.2, 0) is 27.4 Å². The van der Waals surface area contributed by atoms with Crippen LogP contribution in [0.3, 0.4) is 0 Å². The minimum Gasteiger partial charge on any atom is -0.380 e. The summed E-state index contributed by atoms with van der Waals surface area (Å²) in [5.74, 6) is 0.616. The van der Waals surface area contributed by atoms with Gasteiger partial charge in [0, 0.05) is 38.9 Å². The molecule has 1 aromatic rings. The van der Waals surface area contributed by atoms with E-state index in [1.54, 1.807) is 13.2 Å². The summed E-state index contributed by atoms with van der Waals surface area (Å²) < 4.78 is 30.6. The highest BCUT2D eigenvalue weighted by Gasteiger charge is 2.32. The fraction of sp³-hybridized carbons (Fsp3) is 0.650. The number of nitrogens with zero attached hydrogens (tertiary/aromatic N) is 2. The molecule has 2 aliphatic rings. The van der Waals surface area contributed by atoms with Gasteiger partial charge in [-0.25, -0.2) is 9.38 Å². The molecule has 2 unspecified atom stereocenters. The van der Waals surface area contributed by atoms with Gasteiger partial charge in [0.05, 0.1) is 25.9 Å². The number of guanidine groups is 1. The zero-order chi connectivity index (χ0) is 19.1. The van der Waals surface area contributed by atoms with Crippen molar-refractivity contribution in [2.24, 2.45) is 4.99 Å². The molecule has 3 rings (SSSR count). The van der Waals surface area contributed by atoms with Crippen LogP contribution >= 0.6 is 24.0 Å². The number of morpholine rings is 1. The summed E-state index contributed by atoms with van der Waals surface area (Å²) in [6, 6.07) is 5.07. The maximum absolute atomic E-state index is 13.8. The SMILES string of the molecule is CCNC(=NCc1ccc(F)c(COC)c1)N1CCOC(C2CCCO2)C1.I. The van der Waals surface area contributed by atoms with Crippen LogP contribution in [0.1, 0.15) is 30.9 Å². The molecule has 28 heavy (non-hydrogen) atoms. The molecule has 158 valence electrons. The van der Waals surface area contributed by atoms with E-state index < -0.39 is 0 Å². The molecular weight excluding hydrogens is 476 g/mol. The number of methoxy groups -OCH3 is 1. The van der Waals surface area contributed by atoms with Crippen molar-refractivity contribution in [3.8, 4) is 0 Å². The molecule has 2 aliphatic heterocycles. The standard InChI is InChI=1S/C20H30FN3O3.HI/c1-3-22-20(23-12-15-6-7-17(21)16(11-15)14-25-2)24-8-10-27-19(13-24)18-5-4-9-26-18;/h6-7,11,18-19H,3-5,8-10,12-14H2,1-2H3,(H,22,23);1H. The molecule has 0 radical (unpaired) electrons. The second-order valence-corrected chi connectivity index (χ2v) is 6.94. The number of nitrogens with one attached hydrogen (secondary N) is 1. The van der Waals surface area contributed by atoms with Crippen molar-refractivity contribution in [2.75, 3.05) is 40.0 Å². The molecule has 8 heteroatoms. The smallest absolute Gasteiger partial charge is 0.194 e. The highest BCUT2D eigenvalue weighted by molar-refractivity contribution is 14.0. The molecule has 0 saturated carbocycles. The van der Waals surface area contributed by atoms with Crippen LogP contribution in [-0.4, -0.2) is 63.0 Å². The second-order valence-electron chi connectivity index (χ2n) is 6.94. The van der Waals surface area contributed by atoms with Crippen LogP contribution in [0, 0.1) is 5.82 Å². The van der Waals surface area contributed by atoms with Gasteiger partial charge in [0.25, 0.3) is 0 Å². The molecule has 2 atom stereocenters. The zero-order valence-corrected chi connectivity index (χ0v) is 19.0.